The van der Waals surface area contributed by atoms with E-state index in [0.29, 0.717) is 0 Å². The van der Waals surface area contributed by atoms with Crippen molar-refractivity contribution >= 4 is 94.2 Å². The van der Waals surface area contributed by atoms with Crippen LogP contribution in [0.25, 0.3) is 105 Å². The highest BCUT2D eigenvalue weighted by molar-refractivity contribution is 7.19. The van der Waals surface area contributed by atoms with Gasteiger partial charge in [-0.15, -0.1) is 0 Å². The fraction of sp³-hybridized carbons (Fsp3) is 0. The van der Waals surface area contributed by atoms with E-state index in [1.807, 2.05) is 0 Å². The number of fused-ring (bicyclic) bond motifs is 9. The Labute approximate surface area is 442 Å². The van der Waals surface area contributed by atoms with Crippen molar-refractivity contribution in [2.45, 2.75) is 0 Å². The highest BCUT2D eigenvalue weighted by Crippen LogP contribution is 2.42. The fourth-order valence-corrected chi connectivity index (χ4v) is 17.5. The molecule has 0 aliphatic rings. The van der Waals surface area contributed by atoms with Crippen LogP contribution < -0.4 is 20.7 Å². The number of aromatic nitrogens is 3. The maximum Gasteiger partial charge on any atom is 0.179 e. The highest BCUT2D eigenvalue weighted by atomic mass is 28.3. The molecule has 0 atom stereocenters. The van der Waals surface area contributed by atoms with Crippen molar-refractivity contribution < 1.29 is 0 Å². The highest BCUT2D eigenvalue weighted by Gasteiger charge is 2.41. The van der Waals surface area contributed by atoms with E-state index >= 15 is 0 Å². The van der Waals surface area contributed by atoms with E-state index in [2.05, 4.69) is 311 Å². The molecule has 0 aliphatic heterocycles. The third kappa shape index (κ3) is 6.74. The molecule has 4 heteroatoms. The molecule has 12 aromatic carbocycles. The van der Waals surface area contributed by atoms with Gasteiger partial charge in [0.2, 0.25) is 0 Å². The van der Waals surface area contributed by atoms with Gasteiger partial charge in [0.15, 0.2) is 8.07 Å². The van der Waals surface area contributed by atoms with Gasteiger partial charge in [-0.05, 0) is 110 Å². The average molecular weight is 984 g/mol. The van der Waals surface area contributed by atoms with E-state index in [1.54, 1.807) is 0 Å². The van der Waals surface area contributed by atoms with Gasteiger partial charge >= 0.3 is 0 Å². The largest absolute Gasteiger partial charge is 0.309 e. The van der Waals surface area contributed by atoms with E-state index in [4.69, 9.17) is 0 Å². The summed E-state index contributed by atoms with van der Waals surface area (Å²) in [5.74, 6) is 0. The minimum atomic E-state index is -2.85. The number of benzene rings is 12. The minimum Gasteiger partial charge on any atom is -0.309 e. The molecule has 0 radical (unpaired) electrons. The minimum absolute atomic E-state index is 1.09. The predicted octanol–water partition coefficient (Wildman–Crippen LogP) is 15.7. The van der Waals surface area contributed by atoms with Gasteiger partial charge in [0.1, 0.15) is 0 Å². The zero-order chi connectivity index (χ0) is 50.2. The first kappa shape index (κ1) is 43.8. The summed E-state index contributed by atoms with van der Waals surface area (Å²) in [6.45, 7) is 0. The van der Waals surface area contributed by atoms with Gasteiger partial charge in [-0.3, -0.25) is 0 Å². The second-order valence-electron chi connectivity index (χ2n) is 20.0. The lowest BCUT2D eigenvalue weighted by Gasteiger charge is -2.34. The van der Waals surface area contributed by atoms with Crippen LogP contribution in [0.15, 0.2) is 297 Å². The Balaban J connectivity index is 1.01. The summed E-state index contributed by atoms with van der Waals surface area (Å²) >= 11 is 0. The zero-order valence-electron chi connectivity index (χ0n) is 41.6. The summed E-state index contributed by atoms with van der Waals surface area (Å²) in [6.07, 6.45) is 0. The number of hydrogen-bond acceptors (Lipinski definition) is 0. The Hall–Kier alpha value is -9.74. The van der Waals surface area contributed by atoms with Crippen molar-refractivity contribution in [2.75, 3.05) is 0 Å². The van der Waals surface area contributed by atoms with Crippen molar-refractivity contribution in [1.82, 2.24) is 13.7 Å². The molecule has 0 fully saturated rings. The van der Waals surface area contributed by atoms with Gasteiger partial charge in [-0.2, -0.15) is 0 Å². The van der Waals surface area contributed by atoms with Gasteiger partial charge < -0.3 is 13.7 Å². The summed E-state index contributed by atoms with van der Waals surface area (Å²) in [6, 6.07) is 111. The van der Waals surface area contributed by atoms with Gasteiger partial charge in [-0.1, -0.05) is 231 Å². The van der Waals surface area contributed by atoms with Crippen LogP contribution in [0.4, 0.5) is 0 Å². The monoisotopic (exact) mass is 983 g/mol. The smallest absolute Gasteiger partial charge is 0.179 e. The standard InChI is InChI=1S/C72H49N3Si/c1-5-23-50(24-6-1)52-43-44-69-64(48-52)62-35-15-19-39-67(62)75(69)71-42-22-41-70-72(71)63-36-16-20-40-68(63)74(70)55-46-53(45-54(49-55)73-65-37-17-13-33-60(65)61-34-14-18-38-66(61)73)51-25-21-32-59(47-51)76(56-26-7-2-8-27-56,57-28-9-3-10-29-57)58-30-11-4-12-31-58/h1-49H. The van der Waals surface area contributed by atoms with Crippen molar-refractivity contribution in [3.05, 3.63) is 297 Å². The van der Waals surface area contributed by atoms with Crippen LogP contribution in [0.3, 0.4) is 0 Å². The lowest BCUT2D eigenvalue weighted by molar-refractivity contribution is 1.13. The molecule has 356 valence electrons. The lowest BCUT2D eigenvalue weighted by Crippen LogP contribution is -2.74. The number of para-hydroxylation sites is 4. The third-order valence-electron chi connectivity index (χ3n) is 15.9. The molecule has 0 bridgehead atoms. The molecular weight excluding hydrogens is 935 g/mol. The molecule has 0 amide bonds. The van der Waals surface area contributed by atoms with Crippen molar-refractivity contribution in [3.63, 3.8) is 0 Å². The second-order valence-corrected chi connectivity index (χ2v) is 23.8. The topological polar surface area (TPSA) is 14.8 Å². The molecular formula is C72H49N3Si. The van der Waals surface area contributed by atoms with Crippen LogP contribution in [-0.4, -0.2) is 21.8 Å². The normalized spacial score (nSPS) is 11.9. The van der Waals surface area contributed by atoms with E-state index in [1.165, 1.54) is 91.8 Å². The average Bonchev–Trinajstić information content (AvgIpc) is 4.19. The second kappa shape index (κ2) is 17.7. The Morgan fingerprint density at radius 1 is 0.211 bits per heavy atom. The number of nitrogens with zero attached hydrogens (tertiary/aromatic N) is 3. The van der Waals surface area contributed by atoms with Crippen molar-refractivity contribution in [2.24, 2.45) is 0 Å². The van der Waals surface area contributed by atoms with Crippen molar-refractivity contribution in [1.29, 1.82) is 0 Å². The Kier molecular flexibility index (Phi) is 10.2. The van der Waals surface area contributed by atoms with E-state index in [9.17, 15) is 0 Å². The lowest BCUT2D eigenvalue weighted by atomic mass is 10.0. The molecule has 15 rings (SSSR count). The summed E-state index contributed by atoms with van der Waals surface area (Å²) in [4.78, 5) is 0. The number of rotatable bonds is 9. The van der Waals surface area contributed by atoms with E-state index in [0.717, 1.165) is 33.7 Å². The summed E-state index contributed by atoms with van der Waals surface area (Å²) in [5, 5.41) is 12.8. The van der Waals surface area contributed by atoms with Crippen LogP contribution in [-0.2, 0) is 0 Å². The Morgan fingerprint density at radius 2 is 0.605 bits per heavy atom. The summed E-state index contributed by atoms with van der Waals surface area (Å²) in [7, 11) is -2.85. The molecule has 3 nitrogen and oxygen atoms in total. The maximum absolute atomic E-state index is 2.85. The Bertz CT molecular complexity index is 4530. The molecule has 15 aromatic rings. The third-order valence-corrected chi connectivity index (χ3v) is 20.7. The molecule has 0 aliphatic carbocycles. The molecule has 3 heterocycles. The van der Waals surface area contributed by atoms with Crippen LogP contribution in [0.2, 0.25) is 0 Å². The van der Waals surface area contributed by atoms with Gasteiger partial charge in [-0.25, -0.2) is 0 Å². The SMILES string of the molecule is c1ccc(-c2ccc3c(c2)c2ccccc2n3-c2cccc3c2c2ccccc2n3-c2cc(-c3cccc([Si](c4ccccc4)(c4ccccc4)c4ccccc4)c3)cc(-n3c4ccccc4c4ccccc43)c2)cc1. The molecule has 0 N–H and O–H groups in total. The van der Waals surface area contributed by atoms with Crippen LogP contribution in [0, 0.1) is 0 Å². The van der Waals surface area contributed by atoms with Gasteiger partial charge in [0.25, 0.3) is 0 Å². The molecule has 0 unspecified atom stereocenters. The number of hydrogen-bond donors (Lipinski definition) is 0. The molecule has 76 heavy (non-hydrogen) atoms. The predicted molar refractivity (Wildman–Crippen MR) is 324 cm³/mol. The first-order valence-corrected chi connectivity index (χ1v) is 28.3. The quantitative estimate of drug-likeness (QED) is 0.101. The van der Waals surface area contributed by atoms with E-state index in [-0.39, 0.29) is 0 Å². The Morgan fingerprint density at radius 3 is 1.18 bits per heavy atom. The first-order valence-electron chi connectivity index (χ1n) is 26.3. The van der Waals surface area contributed by atoms with Crippen LogP contribution in [0.5, 0.6) is 0 Å². The zero-order valence-corrected chi connectivity index (χ0v) is 42.6. The van der Waals surface area contributed by atoms with Crippen LogP contribution >= 0.6 is 0 Å². The molecule has 3 aromatic heterocycles. The van der Waals surface area contributed by atoms with Crippen LogP contribution in [0.1, 0.15) is 0 Å². The molecule has 0 saturated heterocycles. The van der Waals surface area contributed by atoms with E-state index < -0.39 is 8.07 Å². The molecule has 0 spiro atoms. The van der Waals surface area contributed by atoms with Gasteiger partial charge in [0, 0.05) is 43.7 Å². The maximum atomic E-state index is 2.51. The van der Waals surface area contributed by atoms with Gasteiger partial charge in [0.05, 0.1) is 38.8 Å². The molecule has 0 saturated carbocycles. The first-order chi connectivity index (χ1) is 37.7. The summed E-state index contributed by atoms with van der Waals surface area (Å²) < 4.78 is 7.48. The summed E-state index contributed by atoms with van der Waals surface area (Å²) in [5.41, 5.74) is 15.1. The fourth-order valence-electron chi connectivity index (χ4n) is 12.7. The van der Waals surface area contributed by atoms with Crippen molar-refractivity contribution in [3.8, 4) is 39.3 Å².